The van der Waals surface area contributed by atoms with Gasteiger partial charge in [-0.15, -0.1) is 0 Å². The Kier molecular flexibility index (Phi) is 4.52. The van der Waals surface area contributed by atoms with Crippen LogP contribution in [0.2, 0.25) is 0 Å². The van der Waals surface area contributed by atoms with Crippen LogP contribution in [0.4, 0.5) is 17.2 Å². The van der Waals surface area contributed by atoms with E-state index in [1.54, 1.807) is 17.8 Å². The normalized spacial score (nSPS) is 10.9. The predicted octanol–water partition coefficient (Wildman–Crippen LogP) is 4.74. The highest BCUT2D eigenvalue weighted by molar-refractivity contribution is 7.99. The molecule has 2 heterocycles. The molecule has 0 atom stereocenters. The Balaban J connectivity index is 1.65. The van der Waals surface area contributed by atoms with Crippen molar-refractivity contribution < 1.29 is 0 Å². The number of anilines is 3. The number of nitrogens with one attached hydrogen (secondary N) is 3. The summed E-state index contributed by atoms with van der Waals surface area (Å²) in [7, 11) is 0. The minimum Gasteiger partial charge on any atom is -0.398 e. The van der Waals surface area contributed by atoms with E-state index in [9.17, 15) is 0 Å². The highest BCUT2D eigenvalue weighted by Crippen LogP contribution is 2.32. The van der Waals surface area contributed by atoms with Gasteiger partial charge in [0, 0.05) is 28.0 Å². The van der Waals surface area contributed by atoms with Gasteiger partial charge in [0.15, 0.2) is 0 Å². The average molecular weight is 374 g/mol. The van der Waals surface area contributed by atoms with Crippen molar-refractivity contribution in [2.24, 2.45) is 0 Å². The van der Waals surface area contributed by atoms with Gasteiger partial charge in [0.1, 0.15) is 17.8 Å². The molecule has 0 saturated carbocycles. The maximum Gasteiger partial charge on any atom is 0.143 e. The third kappa shape index (κ3) is 3.63. The van der Waals surface area contributed by atoms with Crippen LogP contribution in [0.5, 0.6) is 0 Å². The third-order valence-electron chi connectivity index (χ3n) is 4.15. The van der Waals surface area contributed by atoms with Crippen LogP contribution in [0.1, 0.15) is 11.1 Å². The first-order valence-corrected chi connectivity index (χ1v) is 9.19. The Bertz CT molecular complexity index is 1120. The van der Waals surface area contributed by atoms with E-state index in [2.05, 4.69) is 51.5 Å². The number of aromatic nitrogens is 3. The molecule has 0 fully saturated rings. The zero-order chi connectivity index (χ0) is 18.8. The smallest absolute Gasteiger partial charge is 0.143 e. The molecule has 0 aliphatic rings. The molecule has 0 aliphatic heterocycles. The van der Waals surface area contributed by atoms with E-state index in [1.807, 2.05) is 18.2 Å². The van der Waals surface area contributed by atoms with Gasteiger partial charge >= 0.3 is 0 Å². The number of hydrogen-bond donors (Lipinski definition) is 4. The number of nitrogen functional groups attached to an aromatic ring is 1. The Morgan fingerprint density at radius 3 is 2.70 bits per heavy atom. The second-order valence-corrected chi connectivity index (χ2v) is 7.26. The Morgan fingerprint density at radius 2 is 1.93 bits per heavy atom. The van der Waals surface area contributed by atoms with E-state index in [1.165, 1.54) is 18.1 Å². The largest absolute Gasteiger partial charge is 0.398 e. The number of aromatic amines is 1. The molecule has 134 valence electrons. The topological polar surface area (TPSA) is 103 Å². The molecule has 0 spiro atoms. The molecule has 0 aliphatic carbocycles. The zero-order valence-electron chi connectivity index (χ0n) is 14.7. The number of nitrogens with two attached hydrogens (primary N) is 1. The van der Waals surface area contributed by atoms with E-state index in [4.69, 9.17) is 11.1 Å². The number of benzene rings is 2. The Hall–Kier alpha value is -3.32. The number of H-pyrrole nitrogens is 1. The molecule has 4 aromatic rings. The molecule has 2 aromatic carbocycles. The fourth-order valence-electron chi connectivity index (χ4n) is 2.72. The Morgan fingerprint density at radius 1 is 1.11 bits per heavy atom. The zero-order valence-corrected chi connectivity index (χ0v) is 15.5. The molecule has 0 radical (unpaired) electrons. The van der Waals surface area contributed by atoms with Crippen LogP contribution in [0.3, 0.4) is 0 Å². The van der Waals surface area contributed by atoms with Crippen molar-refractivity contribution in [1.29, 1.82) is 5.41 Å². The van der Waals surface area contributed by atoms with Crippen molar-refractivity contribution in [1.82, 2.24) is 15.0 Å². The lowest BCUT2D eigenvalue weighted by atomic mass is 10.1. The van der Waals surface area contributed by atoms with Crippen LogP contribution in [0, 0.1) is 12.3 Å². The number of fused-ring (bicyclic) bond motifs is 1. The summed E-state index contributed by atoms with van der Waals surface area (Å²) in [4.78, 5) is 13.2. The van der Waals surface area contributed by atoms with Crippen molar-refractivity contribution in [3.8, 4) is 0 Å². The lowest BCUT2D eigenvalue weighted by molar-refractivity contribution is 1.16. The lowest BCUT2D eigenvalue weighted by Gasteiger charge is -2.08. The first-order chi connectivity index (χ1) is 13.1. The van der Waals surface area contributed by atoms with Gasteiger partial charge in [0.2, 0.25) is 0 Å². The molecular formula is C20H18N6S. The average Bonchev–Trinajstić information content (AvgIpc) is 3.08. The summed E-state index contributed by atoms with van der Waals surface area (Å²) in [5, 5.41) is 12.6. The van der Waals surface area contributed by atoms with E-state index in [-0.39, 0.29) is 0 Å². The maximum absolute atomic E-state index is 7.45. The van der Waals surface area contributed by atoms with Crippen LogP contribution >= 0.6 is 11.8 Å². The highest BCUT2D eigenvalue weighted by Gasteiger charge is 2.10. The molecular weight excluding hydrogens is 356 g/mol. The van der Waals surface area contributed by atoms with Crippen molar-refractivity contribution in [3.05, 3.63) is 66.0 Å². The van der Waals surface area contributed by atoms with Gasteiger partial charge in [-0.3, -0.25) is 0 Å². The van der Waals surface area contributed by atoms with Gasteiger partial charge < -0.3 is 21.4 Å². The van der Waals surface area contributed by atoms with Gasteiger partial charge in [-0.25, -0.2) is 9.97 Å². The van der Waals surface area contributed by atoms with Gasteiger partial charge in [-0.2, -0.15) is 0 Å². The summed E-state index contributed by atoms with van der Waals surface area (Å²) in [6.45, 7) is 2.08. The number of hydrogen-bond acceptors (Lipinski definition) is 6. The van der Waals surface area contributed by atoms with Crippen molar-refractivity contribution in [3.63, 3.8) is 0 Å². The lowest BCUT2D eigenvalue weighted by Crippen LogP contribution is -1.98. The molecule has 0 saturated heterocycles. The van der Waals surface area contributed by atoms with Gasteiger partial charge in [0.05, 0.1) is 10.4 Å². The minimum absolute atomic E-state index is 0.571. The molecule has 0 unspecified atom stereocenters. The molecule has 0 bridgehead atoms. The molecule has 6 nitrogen and oxygen atoms in total. The molecule has 0 amide bonds. The van der Waals surface area contributed by atoms with E-state index in [0.29, 0.717) is 17.1 Å². The monoisotopic (exact) mass is 374 g/mol. The van der Waals surface area contributed by atoms with Gasteiger partial charge in [-0.05, 0) is 43.3 Å². The summed E-state index contributed by atoms with van der Waals surface area (Å²) in [5.41, 5.74) is 9.91. The van der Waals surface area contributed by atoms with Crippen molar-refractivity contribution in [2.75, 3.05) is 11.1 Å². The predicted molar refractivity (Wildman–Crippen MR) is 111 cm³/mol. The van der Waals surface area contributed by atoms with Crippen LogP contribution < -0.4 is 11.1 Å². The van der Waals surface area contributed by atoms with Crippen molar-refractivity contribution >= 4 is 46.2 Å². The minimum atomic E-state index is 0.571. The van der Waals surface area contributed by atoms with Crippen LogP contribution in [0.15, 0.2) is 64.8 Å². The fraction of sp³-hybridized carbons (Fsp3) is 0.0500. The summed E-state index contributed by atoms with van der Waals surface area (Å²) in [5.74, 6) is 0.702. The standard InChI is InChI=1S/C20H18N6S/c1-12-2-5-15(6-3-12)27-18-9-16-19(23-11-24-20(16)26-18)25-14-4-7-17(22)13(8-14)10-21/h2-11,21H,22H2,1H3,(H2,23,24,25,26). The van der Waals surface area contributed by atoms with Gasteiger partial charge in [0.25, 0.3) is 0 Å². The summed E-state index contributed by atoms with van der Waals surface area (Å²) < 4.78 is 0. The molecule has 2 aromatic heterocycles. The van der Waals surface area contributed by atoms with Crippen molar-refractivity contribution in [2.45, 2.75) is 16.8 Å². The molecule has 4 rings (SSSR count). The quantitative estimate of drug-likeness (QED) is 0.298. The second-order valence-electron chi connectivity index (χ2n) is 6.15. The van der Waals surface area contributed by atoms with Crippen LogP contribution in [-0.4, -0.2) is 21.2 Å². The fourth-order valence-corrected chi connectivity index (χ4v) is 3.57. The van der Waals surface area contributed by atoms with Crippen LogP contribution in [0.25, 0.3) is 11.0 Å². The van der Waals surface area contributed by atoms with E-state index < -0.39 is 0 Å². The summed E-state index contributed by atoms with van der Waals surface area (Å²) >= 11 is 1.65. The number of aryl methyl sites for hydroxylation is 1. The van der Waals surface area contributed by atoms with E-state index in [0.717, 1.165) is 26.6 Å². The first kappa shape index (κ1) is 17.1. The first-order valence-electron chi connectivity index (χ1n) is 8.37. The van der Waals surface area contributed by atoms with Crippen LogP contribution in [-0.2, 0) is 0 Å². The molecule has 27 heavy (non-hydrogen) atoms. The second kappa shape index (κ2) is 7.13. The number of rotatable bonds is 5. The highest BCUT2D eigenvalue weighted by atomic mass is 32.2. The number of nitrogens with zero attached hydrogens (tertiary/aromatic N) is 2. The summed E-state index contributed by atoms with van der Waals surface area (Å²) in [6, 6.07) is 15.9. The summed E-state index contributed by atoms with van der Waals surface area (Å²) in [6.07, 6.45) is 2.76. The third-order valence-corrected chi connectivity index (χ3v) is 5.10. The SMILES string of the molecule is Cc1ccc(Sc2cc3c(Nc4ccc(N)c(C=N)c4)ncnc3[nH]2)cc1. The molecule has 7 heteroatoms. The van der Waals surface area contributed by atoms with Gasteiger partial charge in [-0.1, -0.05) is 29.5 Å². The van der Waals surface area contributed by atoms with E-state index >= 15 is 0 Å². The Labute approximate surface area is 160 Å². The molecule has 5 N–H and O–H groups in total. The maximum atomic E-state index is 7.45.